The van der Waals surface area contributed by atoms with Gasteiger partial charge in [-0.2, -0.15) is 0 Å². The van der Waals surface area contributed by atoms with Crippen LogP contribution in [-0.4, -0.2) is 44.9 Å². The number of esters is 1. The molecule has 0 spiro atoms. The molecule has 1 atom stereocenters. The van der Waals surface area contributed by atoms with Crippen molar-refractivity contribution in [3.05, 3.63) is 59.7 Å². The summed E-state index contributed by atoms with van der Waals surface area (Å²) in [5.74, 6) is 0.853. The predicted octanol–water partition coefficient (Wildman–Crippen LogP) is 3.03. The lowest BCUT2D eigenvalue weighted by Gasteiger charge is -2.22. The average Bonchev–Trinajstić information content (AvgIpc) is 2.79. The molecule has 0 heterocycles. The van der Waals surface area contributed by atoms with E-state index in [0.29, 0.717) is 37.6 Å². The van der Waals surface area contributed by atoms with Gasteiger partial charge in [0, 0.05) is 13.1 Å². The number of amides is 2. The van der Waals surface area contributed by atoms with Crippen LogP contribution in [0.15, 0.2) is 48.5 Å². The second-order valence-electron chi connectivity index (χ2n) is 8.68. The molecule has 0 aliphatic rings. The third-order valence-electron chi connectivity index (χ3n) is 4.74. The molecule has 0 bridgehead atoms. The maximum Gasteiger partial charge on any atom is 0.315 e. The fraction of sp³-hybridized carbons (Fsp3) is 0.440. The molecule has 0 aliphatic heterocycles. The molecule has 0 saturated carbocycles. The SMILES string of the molecule is COc1cc(CNC(=O)NC(COC(=O)C(C)(C)C)Cc2ccccc2)ccc1OCCN. The van der Waals surface area contributed by atoms with Gasteiger partial charge < -0.3 is 30.6 Å². The molecular weight excluding hydrogens is 422 g/mol. The summed E-state index contributed by atoms with van der Waals surface area (Å²) < 4.78 is 16.4. The largest absolute Gasteiger partial charge is 0.493 e. The van der Waals surface area contributed by atoms with E-state index in [1.165, 1.54) is 0 Å². The van der Waals surface area contributed by atoms with Gasteiger partial charge in [-0.25, -0.2) is 4.79 Å². The summed E-state index contributed by atoms with van der Waals surface area (Å²) >= 11 is 0. The molecule has 4 N–H and O–H groups in total. The van der Waals surface area contributed by atoms with Crippen LogP contribution >= 0.6 is 0 Å². The van der Waals surface area contributed by atoms with Crippen LogP contribution in [0.1, 0.15) is 31.9 Å². The van der Waals surface area contributed by atoms with Crippen molar-refractivity contribution in [1.29, 1.82) is 0 Å². The van der Waals surface area contributed by atoms with Crippen LogP contribution in [0, 0.1) is 5.41 Å². The summed E-state index contributed by atoms with van der Waals surface area (Å²) in [4.78, 5) is 24.8. The Bertz CT molecular complexity index is 897. The lowest BCUT2D eigenvalue weighted by Crippen LogP contribution is -2.45. The third-order valence-corrected chi connectivity index (χ3v) is 4.74. The highest BCUT2D eigenvalue weighted by molar-refractivity contribution is 5.76. The number of benzene rings is 2. The van der Waals surface area contributed by atoms with Crippen LogP contribution in [0.25, 0.3) is 0 Å². The van der Waals surface area contributed by atoms with Gasteiger partial charge in [-0.15, -0.1) is 0 Å². The minimum absolute atomic E-state index is 0.0828. The lowest BCUT2D eigenvalue weighted by atomic mass is 9.97. The Balaban J connectivity index is 1.97. The van der Waals surface area contributed by atoms with Gasteiger partial charge in [0.05, 0.1) is 18.6 Å². The van der Waals surface area contributed by atoms with E-state index in [2.05, 4.69) is 10.6 Å². The molecule has 0 radical (unpaired) electrons. The van der Waals surface area contributed by atoms with E-state index >= 15 is 0 Å². The van der Waals surface area contributed by atoms with Gasteiger partial charge in [0.1, 0.15) is 13.2 Å². The topological polar surface area (TPSA) is 112 Å². The smallest absolute Gasteiger partial charge is 0.315 e. The molecule has 2 amide bonds. The van der Waals surface area contributed by atoms with Crippen molar-refractivity contribution in [2.24, 2.45) is 11.1 Å². The maximum absolute atomic E-state index is 12.6. The molecule has 0 fully saturated rings. The quantitative estimate of drug-likeness (QED) is 0.447. The lowest BCUT2D eigenvalue weighted by molar-refractivity contribution is -0.153. The molecule has 180 valence electrons. The highest BCUT2D eigenvalue weighted by atomic mass is 16.5. The van der Waals surface area contributed by atoms with Gasteiger partial charge in [0.2, 0.25) is 0 Å². The Morgan fingerprint density at radius 3 is 2.39 bits per heavy atom. The molecule has 2 rings (SSSR count). The number of carbonyl (C=O) groups excluding carboxylic acids is 2. The van der Waals surface area contributed by atoms with Crippen LogP contribution in [0.2, 0.25) is 0 Å². The molecule has 2 aromatic rings. The van der Waals surface area contributed by atoms with Gasteiger partial charge in [-0.3, -0.25) is 4.79 Å². The highest BCUT2D eigenvalue weighted by Gasteiger charge is 2.25. The van der Waals surface area contributed by atoms with E-state index in [-0.39, 0.29) is 24.6 Å². The van der Waals surface area contributed by atoms with Crippen LogP contribution in [-0.2, 0) is 22.5 Å². The van der Waals surface area contributed by atoms with Crippen LogP contribution in [0.5, 0.6) is 11.5 Å². The minimum Gasteiger partial charge on any atom is -0.493 e. The van der Waals surface area contributed by atoms with Crippen molar-refractivity contribution < 1.29 is 23.8 Å². The van der Waals surface area contributed by atoms with Crippen LogP contribution in [0.4, 0.5) is 4.79 Å². The number of nitrogens with one attached hydrogen (secondary N) is 2. The summed E-state index contributed by atoms with van der Waals surface area (Å²) in [6.45, 7) is 6.55. The number of rotatable bonds is 11. The Morgan fingerprint density at radius 2 is 1.76 bits per heavy atom. The van der Waals surface area contributed by atoms with E-state index in [1.807, 2.05) is 36.4 Å². The number of urea groups is 1. The van der Waals surface area contributed by atoms with Crippen molar-refractivity contribution in [2.45, 2.75) is 39.8 Å². The molecule has 33 heavy (non-hydrogen) atoms. The molecule has 0 aromatic heterocycles. The standard InChI is InChI=1S/C25H35N3O5/c1-25(2,3)23(29)33-17-20(14-18-8-6-5-7-9-18)28-24(30)27-16-19-10-11-21(32-13-12-26)22(15-19)31-4/h5-11,15,20H,12-14,16-17,26H2,1-4H3,(H2,27,28,30). The first-order valence-electron chi connectivity index (χ1n) is 11.0. The first-order valence-corrected chi connectivity index (χ1v) is 11.0. The van der Waals surface area contributed by atoms with Gasteiger partial charge in [0.25, 0.3) is 0 Å². The van der Waals surface area contributed by atoms with Crippen LogP contribution in [0.3, 0.4) is 0 Å². The van der Waals surface area contributed by atoms with Crippen molar-refractivity contribution in [2.75, 3.05) is 26.9 Å². The zero-order valence-electron chi connectivity index (χ0n) is 19.9. The molecular formula is C25H35N3O5. The van der Waals surface area contributed by atoms with Gasteiger partial charge in [-0.1, -0.05) is 36.4 Å². The van der Waals surface area contributed by atoms with Crippen molar-refractivity contribution >= 4 is 12.0 Å². The summed E-state index contributed by atoms with van der Waals surface area (Å²) in [5.41, 5.74) is 6.75. The molecule has 8 heteroatoms. The number of hydrogen-bond acceptors (Lipinski definition) is 6. The van der Waals surface area contributed by atoms with E-state index in [1.54, 1.807) is 40.0 Å². The Hall–Kier alpha value is -3.26. The zero-order chi connectivity index (χ0) is 24.3. The van der Waals surface area contributed by atoms with E-state index in [9.17, 15) is 9.59 Å². The number of methoxy groups -OCH3 is 1. The first kappa shape index (κ1) is 26.0. The summed E-state index contributed by atoms with van der Waals surface area (Å²) in [6.07, 6.45) is 0.534. The van der Waals surface area contributed by atoms with Crippen LogP contribution < -0.4 is 25.8 Å². The molecule has 0 aliphatic carbocycles. The normalized spacial score (nSPS) is 11.9. The molecule has 8 nitrogen and oxygen atoms in total. The number of ether oxygens (including phenoxy) is 3. The van der Waals surface area contributed by atoms with Gasteiger partial charge >= 0.3 is 12.0 Å². The van der Waals surface area contributed by atoms with Crippen molar-refractivity contribution in [3.8, 4) is 11.5 Å². The van der Waals surface area contributed by atoms with Gasteiger partial charge in [-0.05, 0) is 50.5 Å². The second kappa shape index (κ2) is 12.7. The highest BCUT2D eigenvalue weighted by Crippen LogP contribution is 2.28. The van der Waals surface area contributed by atoms with Crippen molar-refractivity contribution in [3.63, 3.8) is 0 Å². The van der Waals surface area contributed by atoms with E-state index < -0.39 is 5.41 Å². The number of nitrogens with two attached hydrogens (primary N) is 1. The monoisotopic (exact) mass is 457 g/mol. The second-order valence-corrected chi connectivity index (χ2v) is 8.68. The Labute approximate surface area is 195 Å². The molecule has 1 unspecified atom stereocenters. The maximum atomic E-state index is 12.6. The third kappa shape index (κ3) is 9.02. The Morgan fingerprint density at radius 1 is 1.03 bits per heavy atom. The number of carbonyl (C=O) groups is 2. The Kier molecular flexibility index (Phi) is 10.00. The van der Waals surface area contributed by atoms with E-state index in [0.717, 1.165) is 11.1 Å². The zero-order valence-corrected chi connectivity index (χ0v) is 19.9. The number of hydrogen-bond donors (Lipinski definition) is 3. The molecule has 2 aromatic carbocycles. The fourth-order valence-corrected chi connectivity index (χ4v) is 2.97. The minimum atomic E-state index is -0.612. The molecule has 0 saturated heterocycles. The average molecular weight is 458 g/mol. The van der Waals surface area contributed by atoms with Gasteiger partial charge in [0.15, 0.2) is 11.5 Å². The summed E-state index contributed by atoms with van der Waals surface area (Å²) in [5, 5.41) is 5.75. The predicted molar refractivity (Wildman–Crippen MR) is 127 cm³/mol. The first-order chi connectivity index (χ1) is 15.7. The summed E-state index contributed by atoms with van der Waals surface area (Å²) in [7, 11) is 1.56. The summed E-state index contributed by atoms with van der Waals surface area (Å²) in [6, 6.07) is 14.4. The van der Waals surface area contributed by atoms with E-state index in [4.69, 9.17) is 19.9 Å². The fourth-order valence-electron chi connectivity index (χ4n) is 2.97. The van der Waals surface area contributed by atoms with Crippen molar-refractivity contribution in [1.82, 2.24) is 10.6 Å².